The standard InChI is InChI=1S/C16H16ClFN6O4S/c17-8-3-9(5-19-4-8)29-16-15(27)13(14(26)10(7-25)28-16)24-6-12(20-22-24)23-2-1-11(18)21-23/h1-6,10,13-16,25-27H,7H2/t10-,13+,14+,15-,16-/m1/s1. The Balaban J connectivity index is 1.61. The minimum absolute atomic E-state index is 0.198. The van der Waals surface area contributed by atoms with Gasteiger partial charge in [-0.15, -0.1) is 10.2 Å². The van der Waals surface area contributed by atoms with Gasteiger partial charge in [0.2, 0.25) is 5.95 Å². The molecule has 154 valence electrons. The van der Waals surface area contributed by atoms with E-state index in [1.165, 1.54) is 28.0 Å². The lowest BCUT2D eigenvalue weighted by Gasteiger charge is -2.41. The van der Waals surface area contributed by atoms with Gasteiger partial charge in [-0.25, -0.2) is 9.36 Å². The zero-order chi connectivity index (χ0) is 20.5. The molecule has 1 aliphatic rings. The Morgan fingerprint density at radius 2 is 2.10 bits per heavy atom. The number of aromatic nitrogens is 6. The highest BCUT2D eigenvalue weighted by Crippen LogP contribution is 2.38. The molecule has 0 amide bonds. The molecular formula is C16H16ClFN6O4S. The first kappa shape index (κ1) is 20.2. The Labute approximate surface area is 172 Å². The smallest absolute Gasteiger partial charge is 0.233 e. The first-order valence-electron chi connectivity index (χ1n) is 8.49. The fourth-order valence-corrected chi connectivity index (χ4v) is 4.34. The molecule has 10 nitrogen and oxygen atoms in total. The molecule has 0 radical (unpaired) electrons. The number of hydrogen-bond acceptors (Lipinski definition) is 9. The summed E-state index contributed by atoms with van der Waals surface area (Å²) in [6, 6.07) is 1.83. The Bertz CT molecular complexity index is 990. The molecule has 0 aliphatic carbocycles. The largest absolute Gasteiger partial charge is 0.394 e. The first-order valence-corrected chi connectivity index (χ1v) is 9.75. The lowest BCUT2D eigenvalue weighted by Crippen LogP contribution is -2.55. The molecular weight excluding hydrogens is 427 g/mol. The predicted octanol–water partition coefficient (Wildman–Crippen LogP) is 0.424. The number of pyridine rings is 1. The number of halogens is 2. The van der Waals surface area contributed by atoms with E-state index in [0.717, 1.165) is 17.8 Å². The van der Waals surface area contributed by atoms with E-state index in [4.69, 9.17) is 16.3 Å². The third-order valence-corrected chi connectivity index (χ3v) is 5.70. The Morgan fingerprint density at radius 3 is 2.79 bits per heavy atom. The average molecular weight is 443 g/mol. The lowest BCUT2D eigenvalue weighted by atomic mass is 9.97. The number of hydrogen-bond donors (Lipinski definition) is 3. The second-order valence-corrected chi connectivity index (χ2v) is 7.90. The van der Waals surface area contributed by atoms with Gasteiger partial charge in [0.05, 0.1) is 17.8 Å². The molecule has 0 bridgehead atoms. The van der Waals surface area contributed by atoms with Gasteiger partial charge in [-0.05, 0) is 6.07 Å². The van der Waals surface area contributed by atoms with Crippen molar-refractivity contribution in [3.05, 3.63) is 47.9 Å². The van der Waals surface area contributed by atoms with Gasteiger partial charge in [0, 0.05) is 29.6 Å². The molecule has 1 saturated heterocycles. The van der Waals surface area contributed by atoms with Crippen molar-refractivity contribution in [3.8, 4) is 5.82 Å². The minimum atomic E-state index is -1.27. The summed E-state index contributed by atoms with van der Waals surface area (Å²) in [7, 11) is 0. The van der Waals surface area contributed by atoms with Crippen molar-refractivity contribution in [3.63, 3.8) is 0 Å². The van der Waals surface area contributed by atoms with Crippen LogP contribution in [0.1, 0.15) is 6.04 Å². The fourth-order valence-electron chi connectivity index (χ4n) is 3.02. The van der Waals surface area contributed by atoms with E-state index in [-0.39, 0.29) is 5.82 Å². The molecule has 0 aromatic carbocycles. The zero-order valence-electron chi connectivity index (χ0n) is 14.7. The van der Waals surface area contributed by atoms with E-state index in [0.29, 0.717) is 9.92 Å². The van der Waals surface area contributed by atoms with Crippen molar-refractivity contribution < 1.29 is 24.4 Å². The van der Waals surface area contributed by atoms with Crippen LogP contribution in [-0.4, -0.2) is 75.4 Å². The van der Waals surface area contributed by atoms with Crippen molar-refractivity contribution in [2.75, 3.05) is 6.61 Å². The van der Waals surface area contributed by atoms with Crippen molar-refractivity contribution in [1.82, 2.24) is 29.8 Å². The van der Waals surface area contributed by atoms with Crippen LogP contribution in [0.5, 0.6) is 0 Å². The Morgan fingerprint density at radius 1 is 1.28 bits per heavy atom. The van der Waals surface area contributed by atoms with E-state index >= 15 is 0 Å². The van der Waals surface area contributed by atoms with Crippen molar-refractivity contribution in [2.45, 2.75) is 34.7 Å². The number of aliphatic hydroxyl groups excluding tert-OH is 3. The van der Waals surface area contributed by atoms with Crippen LogP contribution < -0.4 is 0 Å². The van der Waals surface area contributed by atoms with E-state index in [9.17, 15) is 19.7 Å². The monoisotopic (exact) mass is 442 g/mol. The van der Waals surface area contributed by atoms with E-state index in [2.05, 4.69) is 20.4 Å². The highest BCUT2D eigenvalue weighted by molar-refractivity contribution is 7.99. The van der Waals surface area contributed by atoms with Crippen molar-refractivity contribution in [1.29, 1.82) is 0 Å². The second-order valence-electron chi connectivity index (χ2n) is 6.29. The zero-order valence-corrected chi connectivity index (χ0v) is 16.2. The molecule has 0 unspecified atom stereocenters. The third-order valence-electron chi connectivity index (χ3n) is 4.38. The number of thioether (sulfide) groups is 1. The summed E-state index contributed by atoms with van der Waals surface area (Å²) in [6.07, 6.45) is 2.34. The van der Waals surface area contributed by atoms with Gasteiger partial charge in [0.15, 0.2) is 5.82 Å². The van der Waals surface area contributed by atoms with Gasteiger partial charge >= 0.3 is 0 Å². The highest BCUT2D eigenvalue weighted by atomic mass is 35.5. The van der Waals surface area contributed by atoms with Crippen LogP contribution >= 0.6 is 23.4 Å². The molecule has 1 aliphatic heterocycles. The summed E-state index contributed by atoms with van der Waals surface area (Å²) in [5, 5.41) is 43.0. The molecule has 29 heavy (non-hydrogen) atoms. The molecule has 4 rings (SSSR count). The summed E-state index contributed by atoms with van der Waals surface area (Å²) < 4.78 is 21.2. The van der Waals surface area contributed by atoms with Crippen LogP contribution in [0, 0.1) is 5.95 Å². The van der Waals surface area contributed by atoms with Crippen molar-refractivity contribution >= 4 is 23.4 Å². The topological polar surface area (TPSA) is 131 Å². The van der Waals surface area contributed by atoms with E-state index < -0.39 is 42.3 Å². The molecule has 0 saturated carbocycles. The average Bonchev–Trinajstić information content (AvgIpc) is 3.33. The summed E-state index contributed by atoms with van der Waals surface area (Å²) in [5.74, 6) is -0.485. The molecule has 1 fully saturated rings. The van der Waals surface area contributed by atoms with Crippen LogP contribution in [0.3, 0.4) is 0 Å². The maximum atomic E-state index is 13.2. The van der Waals surface area contributed by atoms with Gasteiger partial charge in [-0.2, -0.15) is 4.39 Å². The van der Waals surface area contributed by atoms with Gasteiger partial charge < -0.3 is 20.1 Å². The van der Waals surface area contributed by atoms with Crippen LogP contribution in [0.4, 0.5) is 4.39 Å². The second kappa shape index (κ2) is 8.34. The van der Waals surface area contributed by atoms with Gasteiger partial charge in [0.1, 0.15) is 29.8 Å². The summed E-state index contributed by atoms with van der Waals surface area (Å²) >= 11 is 7.09. The van der Waals surface area contributed by atoms with Crippen LogP contribution in [0.2, 0.25) is 5.02 Å². The predicted molar refractivity (Wildman–Crippen MR) is 99.0 cm³/mol. The molecule has 3 aromatic heterocycles. The summed E-state index contributed by atoms with van der Waals surface area (Å²) in [5.41, 5.74) is -0.851. The lowest BCUT2D eigenvalue weighted by molar-refractivity contribution is -0.178. The Kier molecular flexibility index (Phi) is 5.81. The van der Waals surface area contributed by atoms with Crippen LogP contribution in [0.15, 0.2) is 41.8 Å². The number of rotatable bonds is 5. The SMILES string of the molecule is OC[C@H]1O[C@H](Sc2cncc(Cl)c2)[C@H](O)[C@@H](n2cc(-n3ccc(F)n3)nn2)[C@H]1O. The number of aliphatic hydroxyl groups is 3. The normalized spacial score (nSPS) is 27.3. The van der Waals surface area contributed by atoms with Gasteiger partial charge in [0.25, 0.3) is 0 Å². The van der Waals surface area contributed by atoms with Gasteiger partial charge in [-0.1, -0.05) is 28.6 Å². The molecule has 5 atom stereocenters. The quantitative estimate of drug-likeness (QED) is 0.514. The Hall–Kier alpha value is -2.09. The van der Waals surface area contributed by atoms with E-state index in [1.54, 1.807) is 12.3 Å². The number of nitrogens with zero attached hydrogens (tertiary/aromatic N) is 6. The highest BCUT2D eigenvalue weighted by Gasteiger charge is 2.46. The molecule has 4 heterocycles. The fraction of sp³-hybridized carbons (Fsp3) is 0.375. The van der Waals surface area contributed by atoms with E-state index in [1.807, 2.05) is 0 Å². The van der Waals surface area contributed by atoms with Crippen molar-refractivity contribution in [2.24, 2.45) is 0 Å². The summed E-state index contributed by atoms with van der Waals surface area (Å²) in [6.45, 7) is -0.471. The van der Waals surface area contributed by atoms with Gasteiger partial charge in [-0.3, -0.25) is 4.98 Å². The third kappa shape index (κ3) is 4.13. The molecule has 0 spiro atoms. The first-order chi connectivity index (χ1) is 14.0. The number of ether oxygens (including phenoxy) is 1. The van der Waals surface area contributed by atoms with Crippen LogP contribution in [0.25, 0.3) is 5.82 Å². The minimum Gasteiger partial charge on any atom is -0.394 e. The summed E-state index contributed by atoms with van der Waals surface area (Å²) in [4.78, 5) is 4.63. The van der Waals surface area contributed by atoms with Crippen LogP contribution in [-0.2, 0) is 4.74 Å². The molecule has 13 heteroatoms. The molecule has 3 N–H and O–H groups in total. The maximum Gasteiger partial charge on any atom is 0.233 e. The molecule has 3 aromatic rings. The maximum absolute atomic E-state index is 13.2.